The molecule has 0 saturated carbocycles. The number of hydrogen-bond acceptors (Lipinski definition) is 4. The number of amides is 1. The molecule has 15 heavy (non-hydrogen) atoms. The summed E-state index contributed by atoms with van der Waals surface area (Å²) in [5.74, 6) is -1.26. The van der Waals surface area contributed by atoms with Crippen molar-refractivity contribution < 1.29 is 19.4 Å². The number of hydrogen-bond donors (Lipinski definition) is 3. The van der Waals surface area contributed by atoms with Crippen LogP contribution in [0.1, 0.15) is 19.3 Å². The predicted molar refractivity (Wildman–Crippen MR) is 54.3 cm³/mol. The van der Waals surface area contributed by atoms with E-state index in [1.165, 1.54) is 0 Å². The molecule has 1 atom stereocenters. The van der Waals surface area contributed by atoms with Gasteiger partial charge in [-0.3, -0.25) is 9.59 Å². The van der Waals surface area contributed by atoms with Crippen LogP contribution < -0.4 is 11.1 Å². The van der Waals surface area contributed by atoms with E-state index < -0.39 is 12.0 Å². The predicted octanol–water partition coefficient (Wildman–Crippen LogP) is -0.669. The van der Waals surface area contributed by atoms with E-state index in [2.05, 4.69) is 5.32 Å². The summed E-state index contributed by atoms with van der Waals surface area (Å²) in [4.78, 5) is 21.5. The van der Waals surface area contributed by atoms with E-state index >= 15 is 0 Å². The van der Waals surface area contributed by atoms with E-state index in [-0.39, 0.29) is 18.7 Å². The maximum atomic E-state index is 11.1. The molecule has 0 aliphatic rings. The van der Waals surface area contributed by atoms with E-state index in [0.29, 0.717) is 13.2 Å². The fourth-order valence-electron chi connectivity index (χ4n) is 0.943. The van der Waals surface area contributed by atoms with E-state index in [1.54, 1.807) is 7.11 Å². The van der Waals surface area contributed by atoms with Crippen LogP contribution in [-0.2, 0) is 14.3 Å². The van der Waals surface area contributed by atoms with Crippen molar-refractivity contribution in [1.82, 2.24) is 5.32 Å². The molecular weight excluding hydrogens is 200 g/mol. The molecule has 1 unspecified atom stereocenters. The molecular formula is C9H18N2O4. The van der Waals surface area contributed by atoms with Crippen molar-refractivity contribution in [2.75, 3.05) is 20.3 Å². The molecule has 0 spiro atoms. The number of carbonyl (C=O) groups excluding carboxylic acids is 1. The average Bonchev–Trinajstić information content (AvgIpc) is 2.20. The van der Waals surface area contributed by atoms with Gasteiger partial charge >= 0.3 is 5.97 Å². The van der Waals surface area contributed by atoms with E-state index in [4.69, 9.17) is 15.6 Å². The van der Waals surface area contributed by atoms with Crippen LogP contribution in [0.15, 0.2) is 0 Å². The number of carbonyl (C=O) groups is 2. The van der Waals surface area contributed by atoms with Gasteiger partial charge in [0.15, 0.2) is 0 Å². The molecule has 88 valence electrons. The zero-order chi connectivity index (χ0) is 11.7. The summed E-state index contributed by atoms with van der Waals surface area (Å²) in [5.41, 5.74) is 5.24. The molecule has 6 nitrogen and oxygen atoms in total. The average molecular weight is 218 g/mol. The van der Waals surface area contributed by atoms with Crippen LogP contribution in [0.5, 0.6) is 0 Å². The monoisotopic (exact) mass is 218 g/mol. The quantitative estimate of drug-likeness (QED) is 0.469. The Morgan fingerprint density at radius 1 is 1.53 bits per heavy atom. The molecule has 0 saturated heterocycles. The lowest BCUT2D eigenvalue weighted by molar-refractivity contribution is -0.138. The molecule has 0 aromatic carbocycles. The van der Waals surface area contributed by atoms with E-state index in [1.807, 2.05) is 0 Å². The summed E-state index contributed by atoms with van der Waals surface area (Å²) in [6, 6.07) is -0.963. The summed E-state index contributed by atoms with van der Waals surface area (Å²) in [7, 11) is 1.59. The third-order valence-corrected chi connectivity index (χ3v) is 1.85. The minimum Gasteiger partial charge on any atom is -0.480 e. The van der Waals surface area contributed by atoms with Gasteiger partial charge in [0.05, 0.1) is 0 Å². The first kappa shape index (κ1) is 13.9. The largest absolute Gasteiger partial charge is 0.480 e. The van der Waals surface area contributed by atoms with Crippen molar-refractivity contribution >= 4 is 11.9 Å². The van der Waals surface area contributed by atoms with Crippen molar-refractivity contribution in [3.8, 4) is 0 Å². The third-order valence-electron chi connectivity index (χ3n) is 1.85. The Bertz CT molecular complexity index is 208. The van der Waals surface area contributed by atoms with Gasteiger partial charge in [-0.25, -0.2) is 0 Å². The zero-order valence-electron chi connectivity index (χ0n) is 8.86. The number of rotatable bonds is 8. The normalized spacial score (nSPS) is 12.1. The molecule has 0 radical (unpaired) electrons. The fraction of sp³-hybridized carbons (Fsp3) is 0.778. The molecule has 0 heterocycles. The Morgan fingerprint density at radius 2 is 2.20 bits per heavy atom. The second-order valence-electron chi connectivity index (χ2n) is 3.18. The molecule has 0 aromatic heterocycles. The lowest BCUT2D eigenvalue weighted by Gasteiger charge is -2.07. The Labute approximate surface area is 88.8 Å². The van der Waals surface area contributed by atoms with Crippen molar-refractivity contribution in [3.63, 3.8) is 0 Å². The summed E-state index contributed by atoms with van der Waals surface area (Å²) in [5, 5.41) is 11.1. The van der Waals surface area contributed by atoms with Gasteiger partial charge in [-0.1, -0.05) is 0 Å². The van der Waals surface area contributed by atoms with Gasteiger partial charge in [-0.15, -0.1) is 0 Å². The van der Waals surface area contributed by atoms with Gasteiger partial charge in [-0.05, 0) is 12.8 Å². The van der Waals surface area contributed by atoms with Crippen LogP contribution in [-0.4, -0.2) is 43.3 Å². The smallest absolute Gasteiger partial charge is 0.320 e. The number of carboxylic acids is 1. The minimum absolute atomic E-state index is 0.139. The molecule has 1 amide bonds. The second kappa shape index (κ2) is 8.19. The number of ether oxygens (including phenoxy) is 1. The SMILES string of the molecule is COCCCNC(=O)CCC(N)C(=O)O. The summed E-state index contributed by atoms with van der Waals surface area (Å²) >= 11 is 0. The number of methoxy groups -OCH3 is 1. The van der Waals surface area contributed by atoms with Crippen LogP contribution in [0.2, 0.25) is 0 Å². The van der Waals surface area contributed by atoms with Crippen LogP contribution in [0.4, 0.5) is 0 Å². The highest BCUT2D eigenvalue weighted by Crippen LogP contribution is 1.94. The Morgan fingerprint density at radius 3 is 2.73 bits per heavy atom. The van der Waals surface area contributed by atoms with E-state index in [9.17, 15) is 9.59 Å². The maximum Gasteiger partial charge on any atom is 0.320 e. The van der Waals surface area contributed by atoms with Crippen molar-refractivity contribution in [1.29, 1.82) is 0 Å². The lowest BCUT2D eigenvalue weighted by atomic mass is 10.1. The van der Waals surface area contributed by atoms with Gasteiger partial charge < -0.3 is 20.9 Å². The first-order chi connectivity index (χ1) is 7.07. The van der Waals surface area contributed by atoms with Crippen molar-refractivity contribution in [2.24, 2.45) is 5.73 Å². The topological polar surface area (TPSA) is 102 Å². The van der Waals surface area contributed by atoms with Gasteiger partial charge in [0.1, 0.15) is 6.04 Å². The first-order valence-corrected chi connectivity index (χ1v) is 4.82. The fourth-order valence-corrected chi connectivity index (χ4v) is 0.943. The van der Waals surface area contributed by atoms with Gasteiger partial charge in [0.2, 0.25) is 5.91 Å². The minimum atomic E-state index is -1.08. The van der Waals surface area contributed by atoms with Gasteiger partial charge in [0, 0.05) is 26.7 Å². The summed E-state index contributed by atoms with van der Waals surface area (Å²) in [6.07, 6.45) is 1.04. The highest BCUT2D eigenvalue weighted by Gasteiger charge is 2.12. The van der Waals surface area contributed by atoms with Crippen LogP contribution in [0, 0.1) is 0 Å². The highest BCUT2D eigenvalue weighted by molar-refractivity contribution is 5.78. The van der Waals surface area contributed by atoms with Gasteiger partial charge in [0.25, 0.3) is 0 Å². The number of carboxylic acid groups (broad SMARTS) is 1. The maximum absolute atomic E-state index is 11.1. The Kier molecular flexibility index (Phi) is 7.57. The highest BCUT2D eigenvalue weighted by atomic mass is 16.5. The van der Waals surface area contributed by atoms with E-state index in [0.717, 1.165) is 6.42 Å². The molecule has 0 aromatic rings. The number of nitrogens with one attached hydrogen (secondary N) is 1. The molecule has 0 rings (SSSR count). The summed E-state index contributed by atoms with van der Waals surface area (Å²) < 4.78 is 4.80. The lowest BCUT2D eigenvalue weighted by Crippen LogP contribution is -2.33. The number of nitrogens with two attached hydrogens (primary N) is 1. The zero-order valence-corrected chi connectivity index (χ0v) is 8.86. The second-order valence-corrected chi connectivity index (χ2v) is 3.18. The van der Waals surface area contributed by atoms with Crippen LogP contribution in [0.3, 0.4) is 0 Å². The summed E-state index contributed by atoms with van der Waals surface area (Å²) in [6.45, 7) is 1.13. The third kappa shape index (κ3) is 7.90. The molecule has 0 bridgehead atoms. The Hall–Kier alpha value is -1.14. The van der Waals surface area contributed by atoms with Gasteiger partial charge in [-0.2, -0.15) is 0 Å². The van der Waals surface area contributed by atoms with Crippen LogP contribution in [0.25, 0.3) is 0 Å². The standard InChI is InChI=1S/C9H18N2O4/c1-15-6-2-5-11-8(12)4-3-7(10)9(13)14/h7H,2-6,10H2,1H3,(H,11,12)(H,13,14). The molecule has 0 aliphatic carbocycles. The van der Waals surface area contributed by atoms with Crippen molar-refractivity contribution in [2.45, 2.75) is 25.3 Å². The first-order valence-electron chi connectivity index (χ1n) is 4.82. The molecule has 0 fully saturated rings. The molecule has 0 aliphatic heterocycles. The Balaban J connectivity index is 3.45. The van der Waals surface area contributed by atoms with Crippen molar-refractivity contribution in [3.05, 3.63) is 0 Å². The molecule has 6 heteroatoms. The molecule has 4 N–H and O–H groups in total. The van der Waals surface area contributed by atoms with Crippen LogP contribution >= 0.6 is 0 Å². The number of aliphatic carboxylic acids is 1.